The van der Waals surface area contributed by atoms with E-state index in [2.05, 4.69) is 5.32 Å². The van der Waals surface area contributed by atoms with Crippen molar-refractivity contribution < 1.29 is 35.6 Å². The maximum atomic E-state index is 14.3. The molecule has 1 unspecified atom stereocenters. The SMILES string of the molecule is CCN1C(=O)C(CNC(=O)c2cccc(C(F)(F)F)c2)[C@@H](c2ccc(F)cc2)c2c(CN3CC=CS3(=O)=O)nn(-c3ccccc3)c21. The number of hydrogen-bond acceptors (Lipinski definition) is 5. The van der Waals surface area contributed by atoms with Gasteiger partial charge in [-0.15, -0.1) is 0 Å². The standard InChI is InChI=1S/C33H29F4N5O4S/c1-2-41-31-29(27(20-40-16-7-17-47(40,45)46)39-42(31)25-10-4-3-5-11-25)28(21-12-14-24(34)15-13-21)26(32(41)44)19-38-30(43)22-8-6-9-23(18-22)33(35,36)37/h3-15,17-18,26,28H,2,16,19-20H2,1H3,(H,38,43)/t26?,28-/m1/s1. The number of amides is 2. The van der Waals surface area contributed by atoms with Gasteiger partial charge in [-0.05, 0) is 55.0 Å². The van der Waals surface area contributed by atoms with Crippen LogP contribution in [-0.4, -0.2) is 54.0 Å². The van der Waals surface area contributed by atoms with Crippen molar-refractivity contribution in [1.29, 1.82) is 0 Å². The third kappa shape index (κ3) is 6.17. The van der Waals surface area contributed by atoms with Gasteiger partial charge >= 0.3 is 6.18 Å². The number of hydrogen-bond donors (Lipinski definition) is 1. The van der Waals surface area contributed by atoms with Crippen LogP contribution in [0.15, 0.2) is 90.3 Å². The van der Waals surface area contributed by atoms with E-state index in [0.29, 0.717) is 28.3 Å². The Morgan fingerprint density at radius 1 is 1.02 bits per heavy atom. The fraction of sp³-hybridized carbons (Fsp3) is 0.242. The Kier molecular flexibility index (Phi) is 8.49. The zero-order chi connectivity index (χ0) is 33.5. The van der Waals surface area contributed by atoms with Crippen molar-refractivity contribution in [2.45, 2.75) is 25.6 Å². The van der Waals surface area contributed by atoms with E-state index in [1.54, 1.807) is 35.9 Å². The van der Waals surface area contributed by atoms with Gasteiger partial charge in [-0.25, -0.2) is 17.5 Å². The lowest BCUT2D eigenvalue weighted by molar-refractivity contribution is -0.137. The molecule has 47 heavy (non-hydrogen) atoms. The van der Waals surface area contributed by atoms with Gasteiger partial charge < -0.3 is 5.32 Å². The van der Waals surface area contributed by atoms with Crippen LogP contribution in [0.2, 0.25) is 0 Å². The summed E-state index contributed by atoms with van der Waals surface area (Å²) in [6.45, 7) is 1.63. The van der Waals surface area contributed by atoms with Crippen LogP contribution in [0.4, 0.5) is 23.4 Å². The molecule has 1 aromatic heterocycles. The summed E-state index contributed by atoms with van der Waals surface area (Å²) in [5.74, 6) is -3.19. The summed E-state index contributed by atoms with van der Waals surface area (Å²) in [6.07, 6.45) is -3.14. The lowest BCUT2D eigenvalue weighted by Gasteiger charge is -2.38. The monoisotopic (exact) mass is 667 g/mol. The molecule has 0 saturated carbocycles. The molecule has 6 rings (SSSR count). The van der Waals surface area contributed by atoms with E-state index in [1.807, 2.05) is 6.07 Å². The summed E-state index contributed by atoms with van der Waals surface area (Å²) in [4.78, 5) is 29.0. The lowest BCUT2D eigenvalue weighted by atomic mass is 9.76. The average Bonchev–Trinajstić information content (AvgIpc) is 3.59. The van der Waals surface area contributed by atoms with Crippen molar-refractivity contribution in [2.24, 2.45) is 5.92 Å². The Labute approximate surface area is 268 Å². The molecule has 0 radical (unpaired) electrons. The van der Waals surface area contributed by atoms with Gasteiger partial charge in [-0.2, -0.15) is 22.6 Å². The summed E-state index contributed by atoms with van der Waals surface area (Å²) in [5, 5.41) is 8.60. The topological polar surface area (TPSA) is 105 Å². The molecule has 0 fully saturated rings. The fourth-order valence-electron chi connectivity index (χ4n) is 6.07. The molecule has 0 saturated heterocycles. The largest absolute Gasteiger partial charge is 0.416 e. The molecule has 14 heteroatoms. The van der Waals surface area contributed by atoms with Gasteiger partial charge in [0.25, 0.3) is 5.91 Å². The highest BCUT2D eigenvalue weighted by molar-refractivity contribution is 7.92. The van der Waals surface area contributed by atoms with Gasteiger partial charge in [-0.3, -0.25) is 14.5 Å². The van der Waals surface area contributed by atoms with Crippen molar-refractivity contribution in [1.82, 2.24) is 19.4 Å². The number of carbonyl (C=O) groups excluding carboxylic acids is 2. The molecule has 1 N–H and O–H groups in total. The highest BCUT2D eigenvalue weighted by Crippen LogP contribution is 2.46. The molecule has 2 aliphatic rings. The third-order valence-electron chi connectivity index (χ3n) is 8.27. The first-order valence-corrected chi connectivity index (χ1v) is 16.3. The van der Waals surface area contributed by atoms with E-state index in [4.69, 9.17) is 5.10 Å². The van der Waals surface area contributed by atoms with Gasteiger partial charge in [0.05, 0.1) is 29.4 Å². The molecule has 0 aliphatic carbocycles. The van der Waals surface area contributed by atoms with E-state index >= 15 is 0 Å². The Hall–Kier alpha value is -4.82. The first-order valence-electron chi connectivity index (χ1n) is 14.7. The first-order chi connectivity index (χ1) is 22.4. The highest BCUT2D eigenvalue weighted by Gasteiger charge is 2.46. The van der Waals surface area contributed by atoms with Crippen LogP contribution in [-0.2, 0) is 27.5 Å². The molecule has 4 aromatic rings. The molecule has 2 atom stereocenters. The minimum atomic E-state index is -4.66. The maximum absolute atomic E-state index is 14.3. The Morgan fingerprint density at radius 2 is 1.74 bits per heavy atom. The average molecular weight is 668 g/mol. The normalized spacial score (nSPS) is 19.2. The molecule has 9 nitrogen and oxygen atoms in total. The van der Waals surface area contributed by atoms with Gasteiger partial charge in [0.1, 0.15) is 11.6 Å². The number of benzene rings is 3. The zero-order valence-corrected chi connectivity index (χ0v) is 25.8. The minimum Gasteiger partial charge on any atom is -0.351 e. The Balaban J connectivity index is 1.48. The lowest BCUT2D eigenvalue weighted by Crippen LogP contribution is -2.48. The first kappa shape index (κ1) is 32.1. The van der Waals surface area contributed by atoms with Gasteiger partial charge in [-0.1, -0.05) is 42.5 Å². The highest BCUT2D eigenvalue weighted by atomic mass is 32.2. The van der Waals surface area contributed by atoms with Gasteiger partial charge in [0.2, 0.25) is 15.9 Å². The second-order valence-corrected chi connectivity index (χ2v) is 13.0. The molecular weight excluding hydrogens is 638 g/mol. The molecular formula is C33H29F4N5O4S. The second-order valence-electron chi connectivity index (χ2n) is 11.1. The van der Waals surface area contributed by atoms with Crippen LogP contribution in [0.25, 0.3) is 5.69 Å². The molecule has 0 spiro atoms. The molecule has 3 aromatic carbocycles. The van der Waals surface area contributed by atoms with Crippen LogP contribution >= 0.6 is 0 Å². The molecule has 2 aliphatic heterocycles. The van der Waals surface area contributed by atoms with E-state index in [1.165, 1.54) is 45.6 Å². The van der Waals surface area contributed by atoms with Gasteiger partial charge in [0, 0.05) is 42.1 Å². The number of rotatable bonds is 8. The summed E-state index contributed by atoms with van der Waals surface area (Å²) in [6, 6.07) is 18.4. The fourth-order valence-corrected chi connectivity index (χ4v) is 7.17. The Morgan fingerprint density at radius 3 is 2.38 bits per heavy atom. The molecule has 3 heterocycles. The molecule has 244 valence electrons. The van der Waals surface area contributed by atoms with Gasteiger partial charge in [0.15, 0.2) is 0 Å². The zero-order valence-electron chi connectivity index (χ0n) is 25.0. The minimum absolute atomic E-state index is 0.115. The number of para-hydroxylation sites is 1. The van der Waals surface area contributed by atoms with Crippen molar-refractivity contribution in [3.05, 3.63) is 124 Å². The quantitative estimate of drug-likeness (QED) is 0.259. The molecule has 2 amide bonds. The summed E-state index contributed by atoms with van der Waals surface area (Å²) >= 11 is 0. The number of anilines is 1. The van der Waals surface area contributed by atoms with Crippen molar-refractivity contribution in [3.63, 3.8) is 0 Å². The smallest absolute Gasteiger partial charge is 0.351 e. The number of nitrogens with zero attached hydrogens (tertiary/aromatic N) is 4. The predicted octanol–water partition coefficient (Wildman–Crippen LogP) is 5.23. The number of sulfonamides is 1. The number of fused-ring (bicyclic) bond motifs is 1. The predicted molar refractivity (Wildman–Crippen MR) is 166 cm³/mol. The third-order valence-corrected chi connectivity index (χ3v) is 9.80. The van der Waals surface area contributed by atoms with Crippen LogP contribution in [0.5, 0.6) is 0 Å². The van der Waals surface area contributed by atoms with Crippen LogP contribution in [0.3, 0.4) is 0 Å². The maximum Gasteiger partial charge on any atom is 0.416 e. The number of aromatic nitrogens is 2. The number of nitrogens with one attached hydrogen (secondary N) is 1. The Bertz CT molecular complexity index is 1960. The van der Waals surface area contributed by atoms with Crippen molar-refractivity contribution in [3.8, 4) is 5.69 Å². The number of alkyl halides is 3. The number of halogens is 4. The molecule has 0 bridgehead atoms. The summed E-state index contributed by atoms with van der Waals surface area (Å²) < 4.78 is 82.6. The van der Waals surface area contributed by atoms with E-state index < -0.39 is 51.2 Å². The van der Waals surface area contributed by atoms with Crippen LogP contribution in [0, 0.1) is 11.7 Å². The van der Waals surface area contributed by atoms with E-state index in [0.717, 1.165) is 23.6 Å². The summed E-state index contributed by atoms with van der Waals surface area (Å²) in [5.41, 5.74) is 0.755. The van der Waals surface area contributed by atoms with E-state index in [9.17, 15) is 35.6 Å². The van der Waals surface area contributed by atoms with Crippen LogP contribution < -0.4 is 10.2 Å². The van der Waals surface area contributed by atoms with Crippen molar-refractivity contribution in [2.75, 3.05) is 24.5 Å². The summed E-state index contributed by atoms with van der Waals surface area (Å²) in [7, 11) is -3.73. The second kappa shape index (κ2) is 12.4. The van der Waals surface area contributed by atoms with E-state index in [-0.39, 0.29) is 31.7 Å². The van der Waals surface area contributed by atoms with Crippen molar-refractivity contribution >= 4 is 27.7 Å². The van der Waals surface area contributed by atoms with Crippen LogP contribution in [0.1, 0.15) is 45.6 Å². The number of carbonyl (C=O) groups is 2.